The van der Waals surface area contributed by atoms with Gasteiger partial charge in [0.1, 0.15) is 11.6 Å². The minimum absolute atomic E-state index is 0.173. The summed E-state index contributed by atoms with van der Waals surface area (Å²) >= 11 is 0. The van der Waals surface area contributed by atoms with Crippen LogP contribution in [-0.2, 0) is 4.74 Å². The predicted molar refractivity (Wildman–Crippen MR) is 75.7 cm³/mol. The first kappa shape index (κ1) is 15.4. The molecule has 112 valence electrons. The van der Waals surface area contributed by atoms with Crippen molar-refractivity contribution in [1.82, 2.24) is 5.32 Å². The van der Waals surface area contributed by atoms with Gasteiger partial charge in [-0.3, -0.25) is 0 Å². The zero-order chi connectivity index (χ0) is 14.7. The van der Waals surface area contributed by atoms with Crippen molar-refractivity contribution >= 4 is 0 Å². The van der Waals surface area contributed by atoms with E-state index in [0.717, 1.165) is 25.9 Å². The Morgan fingerprint density at radius 3 is 2.65 bits per heavy atom. The molecule has 1 N–H and O–H groups in total. The van der Waals surface area contributed by atoms with E-state index in [9.17, 15) is 8.78 Å². The Balaban J connectivity index is 2.05. The van der Waals surface area contributed by atoms with Gasteiger partial charge < -0.3 is 10.1 Å². The van der Waals surface area contributed by atoms with Crippen molar-refractivity contribution in [3.8, 4) is 0 Å². The summed E-state index contributed by atoms with van der Waals surface area (Å²) in [5.74, 6) is -0.415. The van der Waals surface area contributed by atoms with Crippen molar-refractivity contribution in [3.05, 3.63) is 34.9 Å². The molecule has 0 bridgehead atoms. The van der Waals surface area contributed by atoms with Crippen molar-refractivity contribution in [3.63, 3.8) is 0 Å². The third kappa shape index (κ3) is 3.18. The van der Waals surface area contributed by atoms with Gasteiger partial charge in [-0.25, -0.2) is 8.78 Å². The van der Waals surface area contributed by atoms with Crippen LogP contribution in [0.4, 0.5) is 8.78 Å². The quantitative estimate of drug-likeness (QED) is 0.858. The highest BCUT2D eigenvalue weighted by Crippen LogP contribution is 2.38. The molecule has 2 rings (SSSR count). The van der Waals surface area contributed by atoms with Gasteiger partial charge >= 0.3 is 0 Å². The molecule has 1 aromatic rings. The number of halogens is 2. The minimum atomic E-state index is -0.465. The first-order valence-electron chi connectivity index (χ1n) is 7.30. The molecule has 1 aromatic carbocycles. The lowest BCUT2D eigenvalue weighted by molar-refractivity contribution is -0.0291. The smallest absolute Gasteiger partial charge is 0.133 e. The molecule has 0 heterocycles. The normalized spacial score (nSPS) is 23.4. The largest absolute Gasteiger partial charge is 0.378 e. The Kier molecular flexibility index (Phi) is 5.11. The van der Waals surface area contributed by atoms with E-state index in [1.807, 2.05) is 6.92 Å². The first-order valence-corrected chi connectivity index (χ1v) is 7.30. The minimum Gasteiger partial charge on any atom is -0.378 e. The van der Waals surface area contributed by atoms with Crippen LogP contribution in [0.1, 0.15) is 43.4 Å². The van der Waals surface area contributed by atoms with Crippen molar-refractivity contribution in [2.75, 3.05) is 13.7 Å². The second-order valence-electron chi connectivity index (χ2n) is 5.58. The summed E-state index contributed by atoms with van der Waals surface area (Å²) < 4.78 is 33.6. The van der Waals surface area contributed by atoms with Crippen molar-refractivity contribution in [2.24, 2.45) is 5.92 Å². The number of rotatable bonds is 6. The van der Waals surface area contributed by atoms with Crippen LogP contribution >= 0.6 is 0 Å². The highest BCUT2D eigenvalue weighted by Gasteiger charge is 2.33. The van der Waals surface area contributed by atoms with Crippen LogP contribution < -0.4 is 5.32 Å². The average molecular weight is 283 g/mol. The standard InChI is InChI=1S/C16H23F2NO/c1-4-20-12-7-11(8-12)9-14(19-3)15-13(17)6-5-10(2)16(15)18/h5-6,11-12,14,19H,4,7-9H2,1-3H3. The fourth-order valence-electron chi connectivity index (χ4n) is 2.95. The Labute approximate surface area is 119 Å². The van der Waals surface area contributed by atoms with Crippen LogP contribution in [-0.4, -0.2) is 19.8 Å². The molecule has 1 aliphatic rings. The van der Waals surface area contributed by atoms with Gasteiger partial charge in [0, 0.05) is 18.2 Å². The topological polar surface area (TPSA) is 21.3 Å². The van der Waals surface area contributed by atoms with E-state index in [1.54, 1.807) is 14.0 Å². The zero-order valence-corrected chi connectivity index (χ0v) is 12.4. The summed E-state index contributed by atoms with van der Waals surface area (Å²) in [6.45, 7) is 4.38. The molecule has 1 unspecified atom stereocenters. The summed E-state index contributed by atoms with van der Waals surface area (Å²) in [6, 6.07) is 2.56. The molecule has 2 nitrogen and oxygen atoms in total. The summed E-state index contributed by atoms with van der Waals surface area (Å²) in [7, 11) is 1.75. The molecule has 20 heavy (non-hydrogen) atoms. The molecule has 0 spiro atoms. The zero-order valence-electron chi connectivity index (χ0n) is 12.4. The Hall–Kier alpha value is -1.00. The summed E-state index contributed by atoms with van der Waals surface area (Å²) in [5, 5.41) is 3.05. The summed E-state index contributed by atoms with van der Waals surface area (Å²) in [4.78, 5) is 0. The number of hydrogen-bond acceptors (Lipinski definition) is 2. The fraction of sp³-hybridized carbons (Fsp3) is 0.625. The Morgan fingerprint density at radius 1 is 1.35 bits per heavy atom. The van der Waals surface area contributed by atoms with E-state index < -0.39 is 11.6 Å². The average Bonchev–Trinajstić information content (AvgIpc) is 2.39. The van der Waals surface area contributed by atoms with Gasteiger partial charge in [0.15, 0.2) is 0 Å². The number of benzene rings is 1. The van der Waals surface area contributed by atoms with Gasteiger partial charge in [-0.15, -0.1) is 0 Å². The van der Waals surface area contributed by atoms with E-state index in [-0.39, 0.29) is 11.6 Å². The van der Waals surface area contributed by atoms with Crippen molar-refractivity contribution in [2.45, 2.75) is 45.3 Å². The number of hydrogen-bond donors (Lipinski definition) is 1. The van der Waals surface area contributed by atoms with E-state index in [0.29, 0.717) is 17.6 Å². The SMILES string of the molecule is CCOC1CC(CC(NC)c2c(F)ccc(C)c2F)C1. The molecule has 0 aromatic heterocycles. The molecule has 1 aliphatic carbocycles. The van der Waals surface area contributed by atoms with Crippen molar-refractivity contribution in [1.29, 1.82) is 0 Å². The monoisotopic (exact) mass is 283 g/mol. The number of nitrogens with one attached hydrogen (secondary N) is 1. The molecule has 1 fully saturated rings. The van der Waals surface area contributed by atoms with Crippen LogP contribution in [0, 0.1) is 24.5 Å². The maximum Gasteiger partial charge on any atom is 0.133 e. The van der Waals surface area contributed by atoms with Crippen LogP contribution in [0.5, 0.6) is 0 Å². The van der Waals surface area contributed by atoms with E-state index in [4.69, 9.17) is 4.74 Å². The fourth-order valence-corrected chi connectivity index (χ4v) is 2.95. The molecule has 0 amide bonds. The maximum atomic E-state index is 14.2. The molecule has 0 radical (unpaired) electrons. The van der Waals surface area contributed by atoms with Gasteiger partial charge in [0.05, 0.1) is 6.10 Å². The first-order chi connectivity index (χ1) is 9.56. The van der Waals surface area contributed by atoms with Crippen LogP contribution in [0.2, 0.25) is 0 Å². The van der Waals surface area contributed by atoms with Gasteiger partial charge in [-0.1, -0.05) is 6.07 Å². The lowest BCUT2D eigenvalue weighted by Crippen LogP contribution is -2.34. The highest BCUT2D eigenvalue weighted by atomic mass is 19.1. The second kappa shape index (κ2) is 6.64. The van der Waals surface area contributed by atoms with Gasteiger partial charge in [0.25, 0.3) is 0 Å². The second-order valence-corrected chi connectivity index (χ2v) is 5.58. The Bertz CT molecular complexity index is 458. The van der Waals surface area contributed by atoms with Crippen LogP contribution in [0.3, 0.4) is 0 Å². The van der Waals surface area contributed by atoms with E-state index in [2.05, 4.69) is 5.32 Å². The van der Waals surface area contributed by atoms with E-state index >= 15 is 0 Å². The molecule has 0 aliphatic heterocycles. The van der Waals surface area contributed by atoms with Crippen LogP contribution in [0.25, 0.3) is 0 Å². The third-order valence-corrected chi connectivity index (χ3v) is 4.18. The van der Waals surface area contributed by atoms with Crippen molar-refractivity contribution < 1.29 is 13.5 Å². The van der Waals surface area contributed by atoms with Crippen LogP contribution in [0.15, 0.2) is 12.1 Å². The maximum absolute atomic E-state index is 14.2. The Morgan fingerprint density at radius 2 is 2.05 bits per heavy atom. The summed E-state index contributed by atoms with van der Waals surface area (Å²) in [6.07, 6.45) is 3.05. The molecular formula is C16H23F2NO. The number of aryl methyl sites for hydroxylation is 1. The third-order valence-electron chi connectivity index (χ3n) is 4.18. The highest BCUT2D eigenvalue weighted by molar-refractivity contribution is 5.29. The number of ether oxygens (including phenoxy) is 1. The molecule has 1 saturated carbocycles. The molecule has 4 heteroatoms. The lowest BCUT2D eigenvalue weighted by atomic mass is 9.77. The lowest BCUT2D eigenvalue weighted by Gasteiger charge is -2.37. The molecule has 0 saturated heterocycles. The summed E-state index contributed by atoms with van der Waals surface area (Å²) in [5.41, 5.74) is 0.662. The van der Waals surface area contributed by atoms with Gasteiger partial charge in [0.2, 0.25) is 0 Å². The van der Waals surface area contributed by atoms with E-state index in [1.165, 1.54) is 12.1 Å². The van der Waals surface area contributed by atoms with Gasteiger partial charge in [-0.05, 0) is 57.7 Å². The van der Waals surface area contributed by atoms with Gasteiger partial charge in [-0.2, -0.15) is 0 Å². The predicted octanol–water partition coefficient (Wildman–Crippen LogP) is 3.74. The molecule has 1 atom stereocenters. The molecular weight excluding hydrogens is 260 g/mol.